The Balaban J connectivity index is 2.43. The Hall–Kier alpha value is -0.430. The van der Waals surface area contributed by atoms with Crippen LogP contribution in [0.25, 0.3) is 0 Å². The van der Waals surface area contributed by atoms with Crippen LogP contribution in [0.5, 0.6) is 5.75 Å². The van der Waals surface area contributed by atoms with Gasteiger partial charge in [0.05, 0.1) is 12.0 Å². The van der Waals surface area contributed by atoms with Gasteiger partial charge in [-0.15, -0.1) is 11.6 Å². The molecule has 7 heteroatoms. The van der Waals surface area contributed by atoms with Crippen LogP contribution in [-0.4, -0.2) is 49.8 Å². The summed E-state index contributed by atoms with van der Waals surface area (Å²) in [4.78, 5) is 0.350. The summed E-state index contributed by atoms with van der Waals surface area (Å²) in [7, 11) is -1.92. The molecule has 1 aliphatic heterocycles. The quantitative estimate of drug-likeness (QED) is 0.767. The Morgan fingerprint density at radius 2 is 2.24 bits per heavy atom. The summed E-state index contributed by atoms with van der Waals surface area (Å²) >= 11 is 7.61. The van der Waals surface area contributed by atoms with Crippen molar-refractivity contribution in [2.45, 2.75) is 24.3 Å². The van der Waals surface area contributed by atoms with E-state index in [1.54, 1.807) is 41.4 Å². The first-order chi connectivity index (χ1) is 10.0. The molecule has 1 fully saturated rings. The van der Waals surface area contributed by atoms with Gasteiger partial charge in [0.2, 0.25) is 10.0 Å². The fourth-order valence-electron chi connectivity index (χ4n) is 2.43. The van der Waals surface area contributed by atoms with Crippen molar-refractivity contribution < 1.29 is 13.2 Å². The van der Waals surface area contributed by atoms with E-state index in [1.165, 1.54) is 0 Å². The maximum absolute atomic E-state index is 12.9. The van der Waals surface area contributed by atoms with Gasteiger partial charge in [-0.3, -0.25) is 0 Å². The second kappa shape index (κ2) is 7.22. The maximum atomic E-state index is 12.9. The lowest BCUT2D eigenvalue weighted by Crippen LogP contribution is -2.44. The third-order valence-corrected chi connectivity index (χ3v) is 7.02. The van der Waals surface area contributed by atoms with E-state index >= 15 is 0 Å². The van der Waals surface area contributed by atoms with E-state index in [9.17, 15) is 8.42 Å². The molecule has 118 valence electrons. The Labute approximate surface area is 135 Å². The highest BCUT2D eigenvalue weighted by Crippen LogP contribution is 2.29. The zero-order valence-electron chi connectivity index (χ0n) is 12.2. The van der Waals surface area contributed by atoms with Crippen LogP contribution in [0, 0.1) is 0 Å². The number of alkyl halides is 1. The largest absolute Gasteiger partial charge is 0.497 e. The maximum Gasteiger partial charge on any atom is 0.243 e. The Kier molecular flexibility index (Phi) is 5.82. The van der Waals surface area contributed by atoms with E-state index in [2.05, 4.69) is 0 Å². The predicted molar refractivity (Wildman–Crippen MR) is 88.1 cm³/mol. The fourth-order valence-corrected chi connectivity index (χ4v) is 5.72. The number of ether oxygens (including phenoxy) is 1. The molecule has 1 heterocycles. The molecule has 0 saturated carbocycles. The van der Waals surface area contributed by atoms with Gasteiger partial charge in [0.15, 0.2) is 0 Å². The van der Waals surface area contributed by atoms with Crippen LogP contribution in [-0.2, 0) is 16.4 Å². The van der Waals surface area contributed by atoms with E-state index in [-0.39, 0.29) is 6.04 Å². The molecule has 0 bridgehead atoms. The van der Waals surface area contributed by atoms with Crippen LogP contribution in [0.3, 0.4) is 0 Å². The minimum Gasteiger partial charge on any atom is -0.497 e. The normalized spacial score (nSPS) is 20.4. The average molecular weight is 350 g/mol. The molecule has 2 rings (SSSR count). The molecule has 1 unspecified atom stereocenters. The monoisotopic (exact) mass is 349 g/mol. The van der Waals surface area contributed by atoms with Crippen LogP contribution in [0.1, 0.15) is 12.5 Å². The number of thioether (sulfide) groups is 1. The number of sulfonamides is 1. The standard InChI is InChI=1S/C14H20ClNO3S2/c1-11-10-20-8-7-16(11)21(17,18)14-4-3-13(19-2)9-12(14)5-6-15/h3-4,9,11H,5-8,10H2,1-2H3. The van der Waals surface area contributed by atoms with Crippen molar-refractivity contribution in [3.63, 3.8) is 0 Å². The van der Waals surface area contributed by atoms with Crippen LogP contribution < -0.4 is 4.74 Å². The van der Waals surface area contributed by atoms with E-state index < -0.39 is 10.0 Å². The van der Waals surface area contributed by atoms with Crippen LogP contribution >= 0.6 is 23.4 Å². The molecule has 0 aliphatic carbocycles. The zero-order valence-corrected chi connectivity index (χ0v) is 14.6. The van der Waals surface area contributed by atoms with Crippen molar-refractivity contribution in [2.24, 2.45) is 0 Å². The molecule has 0 aromatic heterocycles. The molecule has 0 spiro atoms. The summed E-state index contributed by atoms with van der Waals surface area (Å²) in [5, 5.41) is 0. The molecule has 1 aliphatic rings. The Morgan fingerprint density at radius 1 is 1.48 bits per heavy atom. The van der Waals surface area contributed by atoms with E-state index in [1.807, 2.05) is 6.92 Å². The first kappa shape index (κ1) is 16.9. The SMILES string of the molecule is COc1ccc(S(=O)(=O)N2CCSCC2C)c(CCCl)c1. The molecular weight excluding hydrogens is 330 g/mol. The lowest BCUT2D eigenvalue weighted by atomic mass is 10.1. The summed E-state index contributed by atoms with van der Waals surface area (Å²) in [6.07, 6.45) is 0.504. The molecular formula is C14H20ClNO3S2. The van der Waals surface area contributed by atoms with Crippen molar-refractivity contribution in [1.29, 1.82) is 0 Å². The van der Waals surface area contributed by atoms with Crippen molar-refractivity contribution in [2.75, 3.05) is 31.0 Å². The Bertz CT molecular complexity index is 592. The van der Waals surface area contributed by atoms with Crippen molar-refractivity contribution in [1.82, 2.24) is 4.31 Å². The highest BCUT2D eigenvalue weighted by molar-refractivity contribution is 7.99. The summed E-state index contributed by atoms with van der Waals surface area (Å²) in [5.74, 6) is 2.70. The summed E-state index contributed by atoms with van der Waals surface area (Å²) in [6, 6.07) is 5.09. The number of methoxy groups -OCH3 is 1. The van der Waals surface area contributed by atoms with Gasteiger partial charge in [-0.2, -0.15) is 16.1 Å². The van der Waals surface area contributed by atoms with Gasteiger partial charge >= 0.3 is 0 Å². The molecule has 0 N–H and O–H groups in total. The van der Waals surface area contributed by atoms with Gasteiger partial charge in [-0.25, -0.2) is 8.42 Å². The predicted octanol–water partition coefficient (Wildman–Crippen LogP) is 2.60. The van der Waals surface area contributed by atoms with Gasteiger partial charge in [0.25, 0.3) is 0 Å². The minimum absolute atomic E-state index is 0.0136. The lowest BCUT2D eigenvalue weighted by molar-refractivity contribution is 0.367. The first-order valence-electron chi connectivity index (χ1n) is 6.83. The molecule has 0 radical (unpaired) electrons. The molecule has 1 atom stereocenters. The summed E-state index contributed by atoms with van der Waals surface area (Å²) in [5.41, 5.74) is 0.717. The van der Waals surface area contributed by atoms with Gasteiger partial charge in [-0.1, -0.05) is 0 Å². The molecule has 1 aromatic rings. The highest BCUT2D eigenvalue weighted by Gasteiger charge is 2.32. The third kappa shape index (κ3) is 3.67. The van der Waals surface area contributed by atoms with Crippen LogP contribution in [0.2, 0.25) is 0 Å². The smallest absolute Gasteiger partial charge is 0.243 e. The molecule has 1 saturated heterocycles. The summed E-state index contributed by atoms with van der Waals surface area (Å²) < 4.78 is 32.6. The number of aryl methyl sites for hydroxylation is 1. The van der Waals surface area contributed by atoms with E-state index in [0.717, 1.165) is 17.1 Å². The topological polar surface area (TPSA) is 46.6 Å². The Morgan fingerprint density at radius 3 is 2.86 bits per heavy atom. The lowest BCUT2D eigenvalue weighted by Gasteiger charge is -2.32. The molecule has 21 heavy (non-hydrogen) atoms. The molecule has 0 amide bonds. The fraction of sp³-hybridized carbons (Fsp3) is 0.571. The minimum atomic E-state index is -3.48. The van der Waals surface area contributed by atoms with Crippen LogP contribution in [0.15, 0.2) is 23.1 Å². The number of benzene rings is 1. The number of nitrogens with zero attached hydrogens (tertiary/aromatic N) is 1. The van der Waals surface area contributed by atoms with Gasteiger partial charge in [-0.05, 0) is 37.1 Å². The summed E-state index contributed by atoms with van der Waals surface area (Å²) in [6.45, 7) is 2.51. The number of halogens is 1. The number of hydrogen-bond acceptors (Lipinski definition) is 4. The molecule has 1 aromatic carbocycles. The molecule has 4 nitrogen and oxygen atoms in total. The number of rotatable bonds is 5. The zero-order chi connectivity index (χ0) is 15.5. The highest BCUT2D eigenvalue weighted by atomic mass is 35.5. The average Bonchev–Trinajstić information content (AvgIpc) is 2.47. The number of hydrogen-bond donors (Lipinski definition) is 0. The third-order valence-electron chi connectivity index (χ3n) is 3.52. The second-order valence-electron chi connectivity index (χ2n) is 4.95. The van der Waals surface area contributed by atoms with E-state index in [0.29, 0.717) is 29.5 Å². The van der Waals surface area contributed by atoms with Gasteiger partial charge in [0.1, 0.15) is 5.75 Å². The van der Waals surface area contributed by atoms with Gasteiger partial charge in [0, 0.05) is 30.0 Å². The van der Waals surface area contributed by atoms with Crippen molar-refractivity contribution in [3.8, 4) is 5.75 Å². The first-order valence-corrected chi connectivity index (χ1v) is 9.96. The van der Waals surface area contributed by atoms with Gasteiger partial charge < -0.3 is 4.74 Å². The van der Waals surface area contributed by atoms with E-state index in [4.69, 9.17) is 16.3 Å². The second-order valence-corrected chi connectivity index (χ2v) is 8.34. The van der Waals surface area contributed by atoms with Crippen molar-refractivity contribution >= 4 is 33.4 Å². The van der Waals surface area contributed by atoms with Crippen LogP contribution in [0.4, 0.5) is 0 Å². The van der Waals surface area contributed by atoms with Crippen molar-refractivity contribution in [3.05, 3.63) is 23.8 Å².